The van der Waals surface area contributed by atoms with Crippen LogP contribution in [0.5, 0.6) is 5.75 Å². The van der Waals surface area contributed by atoms with Crippen LogP contribution in [0, 0.1) is 27.7 Å². The Bertz CT molecular complexity index is 699. The standard InChI is InChI=1S/C19H22O2/c1-11-8-14(4)19(21)17(9-11)18(15(5)20)16-7-6-12(2)13(3)10-16/h6-10,18,21H,1-5H3. The van der Waals surface area contributed by atoms with E-state index in [0.717, 1.165) is 22.3 Å². The summed E-state index contributed by atoms with van der Waals surface area (Å²) >= 11 is 0. The molecule has 0 saturated heterocycles. The second-order valence-electron chi connectivity index (χ2n) is 5.91. The molecular weight excluding hydrogens is 260 g/mol. The Morgan fingerprint density at radius 3 is 2.19 bits per heavy atom. The van der Waals surface area contributed by atoms with E-state index < -0.39 is 5.92 Å². The monoisotopic (exact) mass is 282 g/mol. The van der Waals surface area contributed by atoms with Gasteiger partial charge in [0.2, 0.25) is 0 Å². The predicted octanol–water partition coefficient (Wildman–Crippen LogP) is 4.35. The van der Waals surface area contributed by atoms with Gasteiger partial charge in [0, 0.05) is 5.56 Å². The fourth-order valence-corrected chi connectivity index (χ4v) is 2.79. The highest BCUT2D eigenvalue weighted by Gasteiger charge is 2.23. The number of hydrogen-bond acceptors (Lipinski definition) is 2. The molecule has 0 spiro atoms. The predicted molar refractivity (Wildman–Crippen MR) is 86.0 cm³/mol. The van der Waals surface area contributed by atoms with Crippen LogP contribution in [-0.4, -0.2) is 10.9 Å². The largest absolute Gasteiger partial charge is 0.507 e. The number of carbonyl (C=O) groups is 1. The number of Topliss-reactive ketones (excluding diaryl/α,β-unsaturated/α-hetero) is 1. The molecule has 0 aliphatic heterocycles. The van der Waals surface area contributed by atoms with Crippen LogP contribution in [0.25, 0.3) is 0 Å². The number of aromatic hydroxyl groups is 1. The molecule has 0 aromatic heterocycles. The fraction of sp³-hybridized carbons (Fsp3) is 0.316. The highest BCUT2D eigenvalue weighted by molar-refractivity contribution is 5.88. The van der Waals surface area contributed by atoms with Crippen LogP contribution in [0.1, 0.15) is 46.2 Å². The summed E-state index contributed by atoms with van der Waals surface area (Å²) in [6.07, 6.45) is 0. The van der Waals surface area contributed by atoms with Gasteiger partial charge >= 0.3 is 0 Å². The van der Waals surface area contributed by atoms with E-state index in [9.17, 15) is 9.90 Å². The fourth-order valence-electron chi connectivity index (χ4n) is 2.79. The molecule has 0 fully saturated rings. The molecule has 0 amide bonds. The lowest BCUT2D eigenvalue weighted by Gasteiger charge is -2.19. The number of phenols is 1. The van der Waals surface area contributed by atoms with Gasteiger partial charge in [0.05, 0.1) is 5.92 Å². The van der Waals surface area contributed by atoms with Gasteiger partial charge in [-0.1, -0.05) is 35.9 Å². The SMILES string of the molecule is CC(=O)C(c1ccc(C)c(C)c1)c1cc(C)cc(C)c1O. The van der Waals surface area contributed by atoms with Gasteiger partial charge in [0.25, 0.3) is 0 Å². The molecule has 1 N–H and O–H groups in total. The van der Waals surface area contributed by atoms with Crippen molar-refractivity contribution in [2.45, 2.75) is 40.5 Å². The van der Waals surface area contributed by atoms with Gasteiger partial charge in [-0.25, -0.2) is 0 Å². The Labute approximate surface area is 126 Å². The number of benzene rings is 2. The molecule has 0 aliphatic carbocycles. The summed E-state index contributed by atoms with van der Waals surface area (Å²) in [6.45, 7) is 9.52. The molecule has 2 nitrogen and oxygen atoms in total. The molecule has 0 bridgehead atoms. The molecule has 2 aromatic rings. The summed E-state index contributed by atoms with van der Waals surface area (Å²) in [4.78, 5) is 12.2. The minimum Gasteiger partial charge on any atom is -0.507 e. The van der Waals surface area contributed by atoms with Crippen LogP contribution in [0.15, 0.2) is 30.3 Å². The minimum atomic E-state index is -0.414. The Balaban J connectivity index is 2.64. The van der Waals surface area contributed by atoms with E-state index in [1.165, 1.54) is 5.56 Å². The molecule has 0 radical (unpaired) electrons. The summed E-state index contributed by atoms with van der Waals surface area (Å²) in [5.41, 5.74) is 5.85. The topological polar surface area (TPSA) is 37.3 Å². The van der Waals surface area contributed by atoms with Crippen molar-refractivity contribution >= 4 is 5.78 Å². The first kappa shape index (κ1) is 15.3. The first-order valence-corrected chi connectivity index (χ1v) is 7.19. The zero-order valence-electron chi connectivity index (χ0n) is 13.3. The molecule has 1 atom stereocenters. The van der Waals surface area contributed by atoms with Crippen LogP contribution in [0.3, 0.4) is 0 Å². The number of rotatable bonds is 3. The molecule has 0 heterocycles. The van der Waals surface area contributed by atoms with E-state index in [4.69, 9.17) is 0 Å². The van der Waals surface area contributed by atoms with Crippen LogP contribution in [-0.2, 0) is 4.79 Å². The van der Waals surface area contributed by atoms with Gasteiger partial charge in [0.1, 0.15) is 11.5 Å². The van der Waals surface area contributed by atoms with Gasteiger partial charge in [0.15, 0.2) is 0 Å². The molecular formula is C19H22O2. The molecule has 2 aromatic carbocycles. The average molecular weight is 282 g/mol. The second kappa shape index (κ2) is 5.72. The zero-order valence-corrected chi connectivity index (χ0v) is 13.3. The van der Waals surface area contributed by atoms with E-state index in [1.807, 2.05) is 51.1 Å². The van der Waals surface area contributed by atoms with Gasteiger partial charge in [-0.15, -0.1) is 0 Å². The quantitative estimate of drug-likeness (QED) is 0.909. The maximum absolute atomic E-state index is 12.2. The summed E-state index contributed by atoms with van der Waals surface area (Å²) in [5.74, 6) is -0.152. The van der Waals surface area contributed by atoms with Crippen molar-refractivity contribution in [3.8, 4) is 5.75 Å². The zero-order chi connectivity index (χ0) is 15.7. The second-order valence-corrected chi connectivity index (χ2v) is 5.91. The first-order chi connectivity index (χ1) is 9.81. The smallest absolute Gasteiger partial charge is 0.141 e. The lowest BCUT2D eigenvalue weighted by atomic mass is 9.85. The maximum atomic E-state index is 12.2. The lowest BCUT2D eigenvalue weighted by Crippen LogP contribution is -2.12. The minimum absolute atomic E-state index is 0.0403. The summed E-state index contributed by atoms with van der Waals surface area (Å²) in [5, 5.41) is 10.4. The lowest BCUT2D eigenvalue weighted by molar-refractivity contribution is -0.117. The molecule has 0 saturated carbocycles. The highest BCUT2D eigenvalue weighted by Crippen LogP contribution is 2.35. The normalized spacial score (nSPS) is 12.2. The maximum Gasteiger partial charge on any atom is 0.141 e. The average Bonchev–Trinajstić information content (AvgIpc) is 2.39. The van der Waals surface area contributed by atoms with Crippen molar-refractivity contribution in [3.63, 3.8) is 0 Å². The molecule has 0 aliphatic rings. The first-order valence-electron chi connectivity index (χ1n) is 7.19. The van der Waals surface area contributed by atoms with Crippen LogP contribution in [0.2, 0.25) is 0 Å². The third-order valence-corrected chi connectivity index (χ3v) is 4.06. The van der Waals surface area contributed by atoms with E-state index in [-0.39, 0.29) is 11.5 Å². The third-order valence-electron chi connectivity index (χ3n) is 4.06. The number of carbonyl (C=O) groups excluding carboxylic acids is 1. The van der Waals surface area contributed by atoms with Crippen LogP contribution < -0.4 is 0 Å². The van der Waals surface area contributed by atoms with Crippen molar-refractivity contribution in [3.05, 3.63) is 63.7 Å². The van der Waals surface area contributed by atoms with Gasteiger partial charge in [-0.2, -0.15) is 0 Å². The molecule has 21 heavy (non-hydrogen) atoms. The highest BCUT2D eigenvalue weighted by atomic mass is 16.3. The van der Waals surface area contributed by atoms with Crippen LogP contribution in [0.4, 0.5) is 0 Å². The summed E-state index contributed by atoms with van der Waals surface area (Å²) < 4.78 is 0. The van der Waals surface area contributed by atoms with Crippen LogP contribution >= 0.6 is 0 Å². The number of ketones is 1. The van der Waals surface area contributed by atoms with E-state index >= 15 is 0 Å². The van der Waals surface area contributed by atoms with Gasteiger partial charge < -0.3 is 5.11 Å². The van der Waals surface area contributed by atoms with E-state index in [2.05, 4.69) is 6.92 Å². The molecule has 2 rings (SSSR count). The Morgan fingerprint density at radius 2 is 1.62 bits per heavy atom. The Kier molecular flexibility index (Phi) is 4.17. The van der Waals surface area contributed by atoms with Crippen molar-refractivity contribution in [1.29, 1.82) is 0 Å². The Hall–Kier alpha value is -2.09. The Morgan fingerprint density at radius 1 is 0.952 bits per heavy atom. The third kappa shape index (κ3) is 2.99. The molecule has 110 valence electrons. The van der Waals surface area contributed by atoms with Gasteiger partial charge in [-0.05, 0) is 56.9 Å². The van der Waals surface area contributed by atoms with Crippen molar-refractivity contribution in [2.24, 2.45) is 0 Å². The summed E-state index contributed by atoms with van der Waals surface area (Å²) in [7, 11) is 0. The number of phenolic OH excluding ortho intramolecular Hbond substituents is 1. The van der Waals surface area contributed by atoms with Crippen molar-refractivity contribution in [2.75, 3.05) is 0 Å². The summed E-state index contributed by atoms with van der Waals surface area (Å²) in [6, 6.07) is 9.88. The van der Waals surface area contributed by atoms with Crippen molar-refractivity contribution in [1.82, 2.24) is 0 Å². The van der Waals surface area contributed by atoms with E-state index in [0.29, 0.717) is 5.56 Å². The van der Waals surface area contributed by atoms with Gasteiger partial charge in [-0.3, -0.25) is 4.79 Å². The molecule has 1 unspecified atom stereocenters. The van der Waals surface area contributed by atoms with E-state index in [1.54, 1.807) is 6.92 Å². The number of aryl methyl sites for hydroxylation is 4. The van der Waals surface area contributed by atoms with Crippen molar-refractivity contribution < 1.29 is 9.90 Å². The number of hydrogen-bond donors (Lipinski definition) is 1. The molecule has 2 heteroatoms.